The molecule has 0 bridgehead atoms. The molecule has 0 unspecified atom stereocenters. The van der Waals surface area contributed by atoms with E-state index in [1.165, 1.54) is 0 Å². The van der Waals surface area contributed by atoms with E-state index >= 15 is 0 Å². The molecule has 0 aliphatic carbocycles. The van der Waals surface area contributed by atoms with Crippen LogP contribution in [0.1, 0.15) is 13.8 Å². The van der Waals surface area contributed by atoms with Crippen LogP contribution in [0, 0.1) is 0 Å². The van der Waals surface area contributed by atoms with Crippen LogP contribution in [0.15, 0.2) is 0 Å². The summed E-state index contributed by atoms with van der Waals surface area (Å²) < 4.78 is 0. The molecule has 0 aromatic carbocycles. The fraction of sp³-hybridized carbons (Fsp3) is 0.500. The first-order valence-electron chi connectivity index (χ1n) is 1.86. The van der Waals surface area contributed by atoms with Crippen molar-refractivity contribution >= 4 is 66.5 Å². The predicted molar refractivity (Wildman–Crippen MR) is 54.5 cm³/mol. The number of carbonyl (C=O) groups is 2. The Kier molecular flexibility index (Phi) is 147. The summed E-state index contributed by atoms with van der Waals surface area (Å²) >= 11 is 0. The zero-order valence-corrected chi connectivity index (χ0v) is 18.6. The molecule has 9 heteroatoms. The molecule has 0 rings (SSSR count). The van der Waals surface area contributed by atoms with E-state index in [1.807, 2.05) is 0 Å². The topological polar surface area (TPSA) is 169 Å². The third kappa shape index (κ3) is 3270. The minimum atomic E-state index is -0.833. The molecule has 0 atom stereocenters. The predicted octanol–water partition coefficient (Wildman–Crippen LogP) is -4.12. The van der Waals surface area contributed by atoms with Crippen LogP contribution >= 0.6 is 0 Å². The molecule has 84 valence electrons. The first-order valence-corrected chi connectivity index (χ1v) is 1.86. The van der Waals surface area contributed by atoms with Gasteiger partial charge in [0, 0.05) is 13.8 Å². The van der Waals surface area contributed by atoms with E-state index in [4.69, 9.17) is 19.8 Å². The van der Waals surface area contributed by atoms with Crippen LogP contribution in [-0.4, -0.2) is 93.2 Å². The van der Waals surface area contributed by atoms with Gasteiger partial charge in [0.05, 0.1) is 0 Å². The van der Waals surface area contributed by atoms with E-state index in [-0.39, 0.29) is 71.0 Å². The molecule has 13 heavy (non-hydrogen) atoms. The van der Waals surface area contributed by atoms with E-state index in [1.54, 1.807) is 0 Å². The van der Waals surface area contributed by atoms with Crippen LogP contribution in [0.2, 0.25) is 0 Å². The molecule has 0 spiro atoms. The second-order valence-electron chi connectivity index (χ2n) is 1.04. The van der Waals surface area contributed by atoms with E-state index < -0.39 is 11.9 Å². The Labute approximate surface area is 116 Å². The summed E-state index contributed by atoms with van der Waals surface area (Å²) in [7, 11) is 0. The minimum absolute atomic E-state index is 0. The average Bonchev–Trinajstić information content (AvgIpc) is 1.25. The zero-order chi connectivity index (χ0) is 7.15. The first kappa shape index (κ1) is 49.3. The maximum atomic E-state index is 9.00. The third-order valence-corrected chi connectivity index (χ3v) is 0. The van der Waals surface area contributed by atoms with Gasteiger partial charge in [0.25, 0.3) is 11.9 Å². The second-order valence-corrected chi connectivity index (χ2v) is 1.04. The Morgan fingerprint density at radius 1 is 0.769 bits per heavy atom. The molecule has 8 N–H and O–H groups in total. The van der Waals surface area contributed by atoms with Crippen LogP contribution in [0.4, 0.5) is 0 Å². The average molecular weight is 593 g/mol. The Morgan fingerprint density at radius 2 is 0.769 bits per heavy atom. The van der Waals surface area contributed by atoms with E-state index in [2.05, 4.69) is 0 Å². The molecule has 0 saturated carbocycles. The van der Waals surface area contributed by atoms with Gasteiger partial charge in [-0.3, -0.25) is 9.59 Å². The molecule has 0 fully saturated rings. The van der Waals surface area contributed by atoms with Gasteiger partial charge in [0.15, 0.2) is 0 Å². The van der Waals surface area contributed by atoms with Gasteiger partial charge in [0.1, 0.15) is 0 Å². The van der Waals surface area contributed by atoms with Crippen molar-refractivity contribution in [2.24, 2.45) is 0 Å². The van der Waals surface area contributed by atoms with Crippen LogP contribution in [-0.2, 0) is 9.59 Å². The van der Waals surface area contributed by atoms with Crippen LogP contribution in [0.5, 0.6) is 0 Å². The molecule has 0 saturated heterocycles. The summed E-state index contributed by atoms with van der Waals surface area (Å²) in [5, 5.41) is 14.8. The van der Waals surface area contributed by atoms with Gasteiger partial charge in [0.2, 0.25) is 0 Å². The van der Waals surface area contributed by atoms with E-state index in [0.29, 0.717) is 0 Å². The van der Waals surface area contributed by atoms with Crippen molar-refractivity contribution in [3.63, 3.8) is 0 Å². The number of hydrogen-bond donors (Lipinski definition) is 2. The molecular formula is C4H18O7Pb2. The molecule has 0 aliphatic rings. The van der Waals surface area contributed by atoms with E-state index in [9.17, 15) is 0 Å². The van der Waals surface area contributed by atoms with Gasteiger partial charge in [-0.25, -0.2) is 0 Å². The number of rotatable bonds is 0. The standard InChI is InChI=1S/2C2H4O2.3H2O.2Pb.4H/c2*1-2(3)4;;;;;;;;;/h2*1H3,(H,3,4);3*1H2;;;;;;. The van der Waals surface area contributed by atoms with Gasteiger partial charge in [-0.1, -0.05) is 0 Å². The van der Waals surface area contributed by atoms with Crippen molar-refractivity contribution in [2.45, 2.75) is 13.8 Å². The maximum absolute atomic E-state index is 9.00. The number of hydrogen-bond acceptors (Lipinski definition) is 2. The summed E-state index contributed by atoms with van der Waals surface area (Å²) in [4.78, 5) is 18.0. The third-order valence-electron chi connectivity index (χ3n) is 0. The first-order chi connectivity index (χ1) is 3.46. The quantitative estimate of drug-likeness (QED) is 0.273. The van der Waals surface area contributed by atoms with Crippen LogP contribution in [0.3, 0.4) is 0 Å². The van der Waals surface area contributed by atoms with Crippen molar-refractivity contribution in [3.05, 3.63) is 0 Å². The van der Waals surface area contributed by atoms with Gasteiger partial charge in [-0.05, 0) is 0 Å². The Morgan fingerprint density at radius 3 is 0.769 bits per heavy atom. The summed E-state index contributed by atoms with van der Waals surface area (Å²) in [6.07, 6.45) is 0. The number of aliphatic carboxylic acids is 2. The van der Waals surface area contributed by atoms with Crippen LogP contribution in [0.25, 0.3) is 0 Å². The zero-order valence-electron chi connectivity index (χ0n) is 7.63. The number of carboxylic acids is 2. The van der Waals surface area contributed by atoms with Crippen molar-refractivity contribution in [1.29, 1.82) is 0 Å². The second kappa shape index (κ2) is 38.8. The SMILES string of the molecule is CC(=O)O.CC(=O)O.O.O.O.[PbH2].[PbH2]. The number of carboxylic acid groups (broad SMARTS) is 2. The van der Waals surface area contributed by atoms with Gasteiger partial charge in [-0.15, -0.1) is 0 Å². The fourth-order valence-corrected chi connectivity index (χ4v) is 0. The fourth-order valence-electron chi connectivity index (χ4n) is 0. The molecular weight excluding hydrogens is 574 g/mol. The van der Waals surface area contributed by atoms with Crippen molar-refractivity contribution < 1.29 is 36.2 Å². The van der Waals surface area contributed by atoms with Crippen LogP contribution < -0.4 is 0 Å². The molecule has 0 aromatic rings. The monoisotopic (exact) mass is 594 g/mol. The Bertz CT molecular complexity index is 76.5. The molecule has 0 aromatic heterocycles. The summed E-state index contributed by atoms with van der Waals surface area (Å²) in [5.74, 6) is -1.67. The van der Waals surface area contributed by atoms with Crippen molar-refractivity contribution in [3.8, 4) is 0 Å². The Hall–Kier alpha value is 0.664. The molecule has 0 heterocycles. The summed E-state index contributed by atoms with van der Waals surface area (Å²) in [5.41, 5.74) is 0. The molecule has 7 nitrogen and oxygen atoms in total. The summed E-state index contributed by atoms with van der Waals surface area (Å²) in [6.45, 7) is 2.17. The summed E-state index contributed by atoms with van der Waals surface area (Å²) in [6, 6.07) is 0. The van der Waals surface area contributed by atoms with Crippen molar-refractivity contribution in [1.82, 2.24) is 0 Å². The molecule has 0 aliphatic heterocycles. The molecule has 0 amide bonds. The normalized spacial score (nSPS) is 3.85. The van der Waals surface area contributed by atoms with E-state index in [0.717, 1.165) is 13.8 Å². The van der Waals surface area contributed by atoms with Crippen molar-refractivity contribution in [2.75, 3.05) is 0 Å². The Balaban J connectivity index is -0.00000000800. The van der Waals surface area contributed by atoms with Gasteiger partial charge >= 0.3 is 54.6 Å². The molecule has 4 radical (unpaired) electrons. The van der Waals surface area contributed by atoms with Gasteiger partial charge in [-0.2, -0.15) is 0 Å². The van der Waals surface area contributed by atoms with Gasteiger partial charge < -0.3 is 26.6 Å².